The van der Waals surface area contributed by atoms with Gasteiger partial charge in [-0.25, -0.2) is 4.98 Å². The molecule has 3 rings (SSSR count). The molecule has 0 aliphatic heterocycles. The van der Waals surface area contributed by atoms with Crippen LogP contribution in [0.3, 0.4) is 0 Å². The van der Waals surface area contributed by atoms with Crippen molar-refractivity contribution >= 4 is 34.7 Å². The van der Waals surface area contributed by atoms with Crippen LogP contribution in [0.15, 0.2) is 36.5 Å². The van der Waals surface area contributed by atoms with Crippen LogP contribution in [0.5, 0.6) is 0 Å². The van der Waals surface area contributed by atoms with E-state index in [0.29, 0.717) is 10.8 Å². The molecule has 4 nitrogen and oxygen atoms in total. The van der Waals surface area contributed by atoms with Crippen LogP contribution < -0.4 is 5.32 Å². The number of fused-ring (bicyclic) bond motifs is 1. The lowest BCUT2D eigenvalue weighted by Crippen LogP contribution is -2.11. The lowest BCUT2D eigenvalue weighted by molar-refractivity contribution is 0.840. The van der Waals surface area contributed by atoms with Gasteiger partial charge in [-0.15, -0.1) is 0 Å². The Morgan fingerprint density at radius 1 is 1.19 bits per heavy atom. The molecule has 1 atom stereocenters. The second kappa shape index (κ2) is 5.54. The smallest absolute Gasteiger partial charge is 0.159 e. The van der Waals surface area contributed by atoms with Crippen molar-refractivity contribution < 1.29 is 0 Å². The fraction of sp³-hybridized carbons (Fsp3) is 0.200. The highest BCUT2D eigenvalue weighted by Gasteiger charge is 2.12. The van der Waals surface area contributed by atoms with Crippen LogP contribution in [0.25, 0.3) is 5.65 Å². The topological polar surface area (TPSA) is 42.2 Å². The van der Waals surface area contributed by atoms with Gasteiger partial charge < -0.3 is 5.32 Å². The van der Waals surface area contributed by atoms with Gasteiger partial charge in [-0.3, -0.25) is 0 Å². The van der Waals surface area contributed by atoms with E-state index in [2.05, 4.69) is 15.4 Å². The first-order valence-corrected chi connectivity index (χ1v) is 7.33. The van der Waals surface area contributed by atoms with Crippen molar-refractivity contribution in [3.05, 3.63) is 57.8 Å². The third-order valence-electron chi connectivity index (χ3n) is 3.31. The van der Waals surface area contributed by atoms with E-state index in [1.807, 2.05) is 32.0 Å². The maximum Gasteiger partial charge on any atom is 0.159 e. The summed E-state index contributed by atoms with van der Waals surface area (Å²) in [6, 6.07) is 9.60. The summed E-state index contributed by atoms with van der Waals surface area (Å²) < 4.78 is 1.71. The van der Waals surface area contributed by atoms with Gasteiger partial charge >= 0.3 is 0 Å². The fourth-order valence-electron chi connectivity index (χ4n) is 2.27. The summed E-state index contributed by atoms with van der Waals surface area (Å²) in [5, 5.41) is 8.79. The molecule has 2 aromatic heterocycles. The van der Waals surface area contributed by atoms with Gasteiger partial charge in [0.2, 0.25) is 0 Å². The van der Waals surface area contributed by atoms with Crippen molar-refractivity contribution in [3.8, 4) is 0 Å². The highest BCUT2D eigenvalue weighted by Crippen LogP contribution is 2.27. The number of rotatable bonds is 3. The molecule has 0 saturated carbocycles. The number of aryl methyl sites for hydroxylation is 1. The molecule has 0 saturated heterocycles. The molecule has 2 heterocycles. The number of anilines is 1. The Bertz CT molecular complexity index is 797. The zero-order valence-corrected chi connectivity index (χ0v) is 13.2. The van der Waals surface area contributed by atoms with E-state index in [1.165, 1.54) is 0 Å². The number of aromatic nitrogens is 3. The molecule has 0 radical (unpaired) electrons. The van der Waals surface area contributed by atoms with Gasteiger partial charge in [0.05, 0.1) is 12.2 Å². The van der Waals surface area contributed by atoms with Gasteiger partial charge in [0, 0.05) is 17.2 Å². The lowest BCUT2D eigenvalue weighted by atomic mass is 10.1. The Kier molecular flexibility index (Phi) is 3.74. The lowest BCUT2D eigenvalue weighted by Gasteiger charge is -2.18. The predicted molar refractivity (Wildman–Crippen MR) is 86.2 cm³/mol. The molecule has 1 aromatic carbocycles. The van der Waals surface area contributed by atoms with Gasteiger partial charge in [-0.05, 0) is 31.0 Å². The van der Waals surface area contributed by atoms with Crippen LogP contribution in [-0.4, -0.2) is 14.6 Å². The third-order valence-corrected chi connectivity index (χ3v) is 3.84. The minimum absolute atomic E-state index is 0.0176. The molecule has 0 unspecified atom stereocenters. The normalized spacial score (nSPS) is 12.6. The van der Waals surface area contributed by atoms with Crippen molar-refractivity contribution in [2.24, 2.45) is 0 Å². The second-order valence-electron chi connectivity index (χ2n) is 4.96. The molecular weight excluding hydrogens is 307 g/mol. The molecule has 108 valence electrons. The van der Waals surface area contributed by atoms with Gasteiger partial charge in [0.15, 0.2) is 5.65 Å². The van der Waals surface area contributed by atoms with Crippen molar-refractivity contribution in [1.29, 1.82) is 0 Å². The van der Waals surface area contributed by atoms with Crippen molar-refractivity contribution in [1.82, 2.24) is 14.6 Å². The fourth-order valence-corrected chi connectivity index (χ4v) is 2.86. The summed E-state index contributed by atoms with van der Waals surface area (Å²) in [6.07, 6.45) is 1.69. The van der Waals surface area contributed by atoms with E-state index in [-0.39, 0.29) is 6.04 Å². The van der Waals surface area contributed by atoms with E-state index in [0.717, 1.165) is 22.0 Å². The summed E-state index contributed by atoms with van der Waals surface area (Å²) in [6.45, 7) is 4.06. The second-order valence-corrected chi connectivity index (χ2v) is 5.75. The molecule has 0 amide bonds. The molecule has 1 N–H and O–H groups in total. The zero-order chi connectivity index (χ0) is 15.0. The van der Waals surface area contributed by atoms with Crippen LogP contribution >= 0.6 is 23.2 Å². The molecule has 0 aliphatic rings. The molecule has 3 aromatic rings. The van der Waals surface area contributed by atoms with E-state index < -0.39 is 0 Å². The summed E-state index contributed by atoms with van der Waals surface area (Å²) in [5.74, 6) is 0.777. The van der Waals surface area contributed by atoms with Crippen molar-refractivity contribution in [2.45, 2.75) is 19.9 Å². The number of hydrogen-bond donors (Lipinski definition) is 1. The average molecular weight is 321 g/mol. The molecule has 0 fully saturated rings. The van der Waals surface area contributed by atoms with Gasteiger partial charge in [0.25, 0.3) is 0 Å². The van der Waals surface area contributed by atoms with Crippen LogP contribution in [0.2, 0.25) is 10.2 Å². The summed E-state index contributed by atoms with van der Waals surface area (Å²) in [7, 11) is 0. The summed E-state index contributed by atoms with van der Waals surface area (Å²) in [4.78, 5) is 4.21. The van der Waals surface area contributed by atoms with E-state index in [4.69, 9.17) is 23.2 Å². The van der Waals surface area contributed by atoms with Gasteiger partial charge in [-0.1, -0.05) is 35.3 Å². The third kappa shape index (κ3) is 2.82. The maximum atomic E-state index is 6.32. The quantitative estimate of drug-likeness (QED) is 0.721. The van der Waals surface area contributed by atoms with Crippen molar-refractivity contribution in [3.63, 3.8) is 0 Å². The molecule has 0 aliphatic carbocycles. The number of nitrogens with zero attached hydrogens (tertiary/aromatic N) is 3. The summed E-state index contributed by atoms with van der Waals surface area (Å²) >= 11 is 12.4. The van der Waals surface area contributed by atoms with Crippen LogP contribution in [0.4, 0.5) is 5.82 Å². The van der Waals surface area contributed by atoms with E-state index in [9.17, 15) is 0 Å². The van der Waals surface area contributed by atoms with Crippen molar-refractivity contribution in [2.75, 3.05) is 5.32 Å². The average Bonchev–Trinajstić information content (AvgIpc) is 2.86. The van der Waals surface area contributed by atoms with E-state index >= 15 is 0 Å². The van der Waals surface area contributed by atoms with E-state index in [1.54, 1.807) is 22.8 Å². The minimum atomic E-state index is 0.0176. The molecule has 6 heteroatoms. The Morgan fingerprint density at radius 3 is 2.76 bits per heavy atom. The molecule has 0 spiro atoms. The maximum absolute atomic E-state index is 6.32. The monoisotopic (exact) mass is 320 g/mol. The Hall–Kier alpha value is -1.78. The SMILES string of the molecule is Cc1ccc([C@@H](C)Nc2cc(Cl)nc3ccnn23)c(Cl)c1. The highest BCUT2D eigenvalue weighted by atomic mass is 35.5. The van der Waals surface area contributed by atoms with Crippen LogP contribution in [0, 0.1) is 6.92 Å². The number of benzene rings is 1. The number of halogens is 2. The Morgan fingerprint density at radius 2 is 2.00 bits per heavy atom. The summed E-state index contributed by atoms with van der Waals surface area (Å²) in [5.41, 5.74) is 2.86. The largest absolute Gasteiger partial charge is 0.363 e. The first kappa shape index (κ1) is 14.2. The van der Waals surface area contributed by atoms with Gasteiger partial charge in [-0.2, -0.15) is 9.61 Å². The molecule has 0 bridgehead atoms. The number of hydrogen-bond acceptors (Lipinski definition) is 3. The zero-order valence-electron chi connectivity index (χ0n) is 11.6. The van der Waals surface area contributed by atoms with Crippen LogP contribution in [-0.2, 0) is 0 Å². The van der Waals surface area contributed by atoms with Gasteiger partial charge in [0.1, 0.15) is 11.0 Å². The highest BCUT2D eigenvalue weighted by molar-refractivity contribution is 6.31. The first-order chi connectivity index (χ1) is 10.0. The standard InChI is InChI=1S/C15H14Cl2N4/c1-9-3-4-11(12(16)7-9)10(2)19-15-8-13(17)20-14-5-6-18-21(14)15/h3-8,10,19H,1-2H3/t10-/m1/s1. The Labute approximate surface area is 132 Å². The first-order valence-electron chi connectivity index (χ1n) is 6.57. The number of nitrogens with one attached hydrogen (secondary N) is 1. The molecule has 21 heavy (non-hydrogen) atoms. The van der Waals surface area contributed by atoms with Crippen LogP contribution in [0.1, 0.15) is 24.1 Å². The Balaban J connectivity index is 1.96. The minimum Gasteiger partial charge on any atom is -0.363 e. The predicted octanol–water partition coefficient (Wildman–Crippen LogP) is 4.52. The molecular formula is C15H14Cl2N4.